The molecule has 0 bridgehead atoms. The molecule has 18 aromatic rings. The molecular formula is C104H74BClN6O2. The molecule has 3 heterocycles. The van der Waals surface area contributed by atoms with Crippen LogP contribution in [0.4, 0.5) is 0 Å². The van der Waals surface area contributed by atoms with Gasteiger partial charge >= 0.3 is 7.12 Å². The summed E-state index contributed by atoms with van der Waals surface area (Å²) in [5.41, 5.74) is 29.9. The maximum atomic E-state index is 6.37. The highest BCUT2D eigenvalue weighted by Gasteiger charge is 2.52. The maximum Gasteiger partial charge on any atom is 0.494 e. The van der Waals surface area contributed by atoms with Crippen LogP contribution in [0.5, 0.6) is 0 Å². The summed E-state index contributed by atoms with van der Waals surface area (Å²) in [6, 6.07) is 132. The van der Waals surface area contributed by atoms with Crippen molar-refractivity contribution in [1.29, 1.82) is 0 Å². The minimum absolute atomic E-state index is 0.202. The molecular weight excluding hydrogens is 1410 g/mol. The number of rotatable bonds is 12. The summed E-state index contributed by atoms with van der Waals surface area (Å²) in [6.07, 6.45) is 0. The van der Waals surface area contributed by atoms with E-state index in [1.807, 2.05) is 121 Å². The topological polar surface area (TPSA) is 95.8 Å². The average Bonchev–Trinajstić information content (AvgIpc) is 1.55. The zero-order valence-electron chi connectivity index (χ0n) is 63.3. The zero-order chi connectivity index (χ0) is 76.9. The zero-order valence-corrected chi connectivity index (χ0v) is 64.0. The van der Waals surface area contributed by atoms with Gasteiger partial charge in [0.2, 0.25) is 5.28 Å². The van der Waals surface area contributed by atoms with Gasteiger partial charge in [-0.2, -0.15) is 9.97 Å². The average molecular weight is 1490 g/mol. The van der Waals surface area contributed by atoms with Gasteiger partial charge in [-0.1, -0.05) is 364 Å². The van der Waals surface area contributed by atoms with Crippen LogP contribution in [-0.4, -0.2) is 48.2 Å². The molecule has 1 aliphatic heterocycles. The van der Waals surface area contributed by atoms with E-state index in [0.29, 0.717) is 29.1 Å². The smallest absolute Gasteiger partial charge is 0.399 e. The van der Waals surface area contributed by atoms with Gasteiger partial charge < -0.3 is 9.31 Å². The monoisotopic (exact) mass is 1480 g/mol. The van der Waals surface area contributed by atoms with Crippen LogP contribution in [0, 0.1) is 0 Å². The number of halogens is 1. The summed E-state index contributed by atoms with van der Waals surface area (Å²) in [5.74, 6) is 3.11. The van der Waals surface area contributed by atoms with Gasteiger partial charge in [-0.05, 0) is 190 Å². The van der Waals surface area contributed by atoms with Crippen molar-refractivity contribution in [2.45, 2.75) is 38.9 Å². The normalized spacial score (nSPS) is 13.0. The largest absolute Gasteiger partial charge is 0.494 e. The SMILES string of the molecule is CC1(C)OB(c2ccc(-c3cc(-c4ccccc4)c4c(c3-c3ccccc3)-c3cccc5cccc-4c35)cc2)OC1(C)C.Clc1nc(-c2ccccc2)nc(-c2ccccc2)n1.c1ccc(-c2nc(-c3ccccc3)nc(-c3ccc(-c4cc(-c5ccccc5)c5c(c4-c4ccccc4)-c4cccc6cccc-5c46)cc3)n2)cc1. The summed E-state index contributed by atoms with van der Waals surface area (Å²) in [4.78, 5) is 27.7. The third kappa shape index (κ3) is 13.2. The van der Waals surface area contributed by atoms with Gasteiger partial charge in [0, 0.05) is 27.8 Å². The van der Waals surface area contributed by atoms with Crippen molar-refractivity contribution < 1.29 is 9.31 Å². The third-order valence-electron chi connectivity index (χ3n) is 22.4. The van der Waals surface area contributed by atoms with Crippen molar-refractivity contribution in [3.05, 3.63) is 381 Å². The number of nitrogens with zero attached hydrogens (tertiary/aromatic N) is 6. The van der Waals surface area contributed by atoms with Crippen LogP contribution in [0.15, 0.2) is 376 Å². The molecule has 2 aromatic heterocycles. The third-order valence-corrected chi connectivity index (χ3v) is 22.6. The quantitative estimate of drug-likeness (QED) is 0.112. The molecule has 0 N–H and O–H groups in total. The molecule has 16 aromatic carbocycles. The minimum Gasteiger partial charge on any atom is -0.399 e. The predicted octanol–water partition coefficient (Wildman–Crippen LogP) is 26.3. The van der Waals surface area contributed by atoms with E-state index in [1.54, 1.807) is 0 Å². The fourth-order valence-electron chi connectivity index (χ4n) is 16.3. The Hall–Kier alpha value is -13.7. The predicted molar refractivity (Wildman–Crippen MR) is 470 cm³/mol. The Labute approximate surface area is 669 Å². The number of fused-ring (bicyclic) bond motifs is 6. The molecule has 3 aliphatic rings. The summed E-state index contributed by atoms with van der Waals surface area (Å²) in [7, 11) is -0.389. The molecule has 114 heavy (non-hydrogen) atoms. The fourth-order valence-corrected chi connectivity index (χ4v) is 16.4. The molecule has 542 valence electrons. The van der Waals surface area contributed by atoms with E-state index in [2.05, 4.69) is 297 Å². The van der Waals surface area contributed by atoms with Crippen LogP contribution in [0.25, 0.3) is 190 Å². The highest BCUT2D eigenvalue weighted by atomic mass is 35.5. The maximum absolute atomic E-state index is 6.37. The minimum atomic E-state index is -0.389. The van der Waals surface area contributed by atoms with Crippen molar-refractivity contribution in [2.75, 3.05) is 0 Å². The lowest BCUT2D eigenvalue weighted by molar-refractivity contribution is 0.00578. The van der Waals surface area contributed by atoms with Crippen molar-refractivity contribution >= 4 is 45.7 Å². The molecule has 2 aliphatic carbocycles. The van der Waals surface area contributed by atoms with Crippen LogP contribution >= 0.6 is 11.6 Å². The lowest BCUT2D eigenvalue weighted by Crippen LogP contribution is -2.41. The van der Waals surface area contributed by atoms with Crippen LogP contribution in [-0.2, 0) is 9.31 Å². The lowest BCUT2D eigenvalue weighted by Gasteiger charge is -2.32. The first-order chi connectivity index (χ1) is 55.9. The summed E-state index contributed by atoms with van der Waals surface area (Å²) in [6.45, 7) is 8.40. The number of aromatic nitrogens is 6. The van der Waals surface area contributed by atoms with Gasteiger partial charge in [0.05, 0.1) is 11.2 Å². The molecule has 0 radical (unpaired) electrons. The standard InChI is InChI=1S/C49H31N3.C40H33BO2.C15H10ClN3/c1-5-15-32(16-6-1)42-31-41(44(35-17-7-2-8-18-35)46-40-26-14-24-34-23-13-25-39(43(34)40)45(42)46)33-27-29-38(30-28-33)49-51-47(36-19-9-3-10-20-36)50-48(52-49)37-21-11-4-12-22-37;1-39(2)40(3,4)43-41(42-39)30-23-21-27(22-24-30)33-25-34(26-13-7-5-8-14-26)37-31-19-11-17-28-18-12-20-32(35(28)31)38(37)36(33)29-15-9-6-10-16-29;16-15-18-13(11-7-3-1-4-8-11)17-14(19-15)12-9-5-2-6-10-12/h1-31H;5-25H,1-4H3;1-10H. The van der Waals surface area contributed by atoms with Gasteiger partial charge in [-0.25, -0.2) is 19.9 Å². The summed E-state index contributed by atoms with van der Waals surface area (Å²) >= 11 is 5.99. The Bertz CT molecular complexity index is 6480. The molecule has 0 spiro atoms. The Morgan fingerprint density at radius 1 is 0.219 bits per heavy atom. The molecule has 1 saturated heterocycles. The second-order valence-corrected chi connectivity index (χ2v) is 30.2. The van der Waals surface area contributed by atoms with E-state index in [-0.39, 0.29) is 23.6 Å². The van der Waals surface area contributed by atoms with Crippen LogP contribution in [0.2, 0.25) is 5.28 Å². The van der Waals surface area contributed by atoms with Gasteiger partial charge in [0.15, 0.2) is 29.1 Å². The second-order valence-electron chi connectivity index (χ2n) is 29.9. The highest BCUT2D eigenvalue weighted by molar-refractivity contribution is 6.62. The first-order valence-corrected chi connectivity index (χ1v) is 39.0. The second kappa shape index (κ2) is 29.9. The van der Waals surface area contributed by atoms with E-state index in [1.165, 1.54) is 127 Å². The van der Waals surface area contributed by atoms with Gasteiger partial charge in [0.1, 0.15) is 0 Å². The van der Waals surface area contributed by atoms with E-state index < -0.39 is 0 Å². The van der Waals surface area contributed by atoms with Crippen molar-refractivity contribution in [2.24, 2.45) is 0 Å². The number of hydrogen-bond acceptors (Lipinski definition) is 8. The summed E-state index contributed by atoms with van der Waals surface area (Å²) < 4.78 is 12.7. The lowest BCUT2D eigenvalue weighted by atomic mass is 9.77. The van der Waals surface area contributed by atoms with E-state index >= 15 is 0 Å². The molecule has 1 fully saturated rings. The van der Waals surface area contributed by atoms with Gasteiger partial charge in [-0.15, -0.1) is 0 Å². The van der Waals surface area contributed by atoms with E-state index in [4.69, 9.17) is 35.9 Å². The molecule has 0 unspecified atom stereocenters. The fraction of sp³-hybridized carbons (Fsp3) is 0.0577. The molecule has 8 nitrogen and oxygen atoms in total. The van der Waals surface area contributed by atoms with Gasteiger partial charge in [-0.3, -0.25) is 0 Å². The Morgan fingerprint density at radius 3 is 0.772 bits per heavy atom. The van der Waals surface area contributed by atoms with E-state index in [0.717, 1.165) is 38.8 Å². The first kappa shape index (κ1) is 70.7. The Kier molecular flexibility index (Phi) is 18.5. The Balaban J connectivity index is 0.000000126. The van der Waals surface area contributed by atoms with Crippen molar-refractivity contribution in [1.82, 2.24) is 29.9 Å². The summed E-state index contributed by atoms with van der Waals surface area (Å²) in [5, 5.41) is 5.39. The van der Waals surface area contributed by atoms with Crippen molar-refractivity contribution in [3.8, 4) is 168 Å². The molecule has 0 saturated carbocycles. The molecule has 10 heteroatoms. The van der Waals surface area contributed by atoms with Crippen molar-refractivity contribution in [3.63, 3.8) is 0 Å². The first-order valence-electron chi connectivity index (χ1n) is 38.6. The molecule has 21 rings (SSSR count). The van der Waals surface area contributed by atoms with E-state index in [9.17, 15) is 0 Å². The number of benzene rings is 16. The van der Waals surface area contributed by atoms with Crippen LogP contribution in [0.3, 0.4) is 0 Å². The Morgan fingerprint density at radius 2 is 0.456 bits per heavy atom. The molecule has 0 atom stereocenters. The number of hydrogen-bond donors (Lipinski definition) is 0. The van der Waals surface area contributed by atoms with Crippen LogP contribution in [0.1, 0.15) is 27.7 Å². The van der Waals surface area contributed by atoms with Gasteiger partial charge in [0.25, 0.3) is 0 Å². The molecule has 0 amide bonds. The highest BCUT2D eigenvalue weighted by Crippen LogP contribution is 2.59. The van der Waals surface area contributed by atoms with Crippen LogP contribution < -0.4 is 5.46 Å².